The second kappa shape index (κ2) is 8.62. The van der Waals surface area contributed by atoms with Crippen LogP contribution in [0.15, 0.2) is 61.1 Å². The van der Waals surface area contributed by atoms with E-state index in [2.05, 4.69) is 15.5 Å². The van der Waals surface area contributed by atoms with Gasteiger partial charge in [-0.1, -0.05) is 12.1 Å². The van der Waals surface area contributed by atoms with E-state index in [4.69, 9.17) is 0 Å². The molecule has 5 rings (SSSR count). The summed E-state index contributed by atoms with van der Waals surface area (Å²) in [7, 11) is 1.86. The average Bonchev–Trinajstić information content (AvgIpc) is 3.55. The minimum Gasteiger partial charge on any atom is -0.465 e. The number of aromatic nitrogens is 4. The number of nitrogens with one attached hydrogen (secondary N) is 1. The molecule has 0 spiro atoms. The zero-order valence-electron chi connectivity index (χ0n) is 18.4. The Kier molecular flexibility index (Phi) is 5.48. The maximum Gasteiger partial charge on any atom is 0.407 e. The van der Waals surface area contributed by atoms with E-state index in [1.807, 2.05) is 25.2 Å². The smallest absolute Gasteiger partial charge is 0.407 e. The summed E-state index contributed by atoms with van der Waals surface area (Å²) in [5, 5.41) is 21.6. The van der Waals surface area contributed by atoms with Gasteiger partial charge in [-0.2, -0.15) is 10.2 Å². The van der Waals surface area contributed by atoms with Crippen LogP contribution >= 0.6 is 0 Å². The van der Waals surface area contributed by atoms with E-state index in [0.717, 1.165) is 16.5 Å². The van der Waals surface area contributed by atoms with Crippen LogP contribution in [0.1, 0.15) is 16.8 Å². The van der Waals surface area contributed by atoms with Crippen molar-refractivity contribution in [3.8, 4) is 11.1 Å². The molecular weight excluding hydrogens is 439 g/mol. The van der Waals surface area contributed by atoms with Crippen LogP contribution in [-0.4, -0.2) is 60.2 Å². The van der Waals surface area contributed by atoms with Gasteiger partial charge in [-0.05, 0) is 47.9 Å². The molecule has 0 radical (unpaired) electrons. The van der Waals surface area contributed by atoms with Crippen molar-refractivity contribution in [2.75, 3.05) is 6.54 Å². The number of benzene rings is 2. The minimum absolute atomic E-state index is 0.0800. The zero-order valence-corrected chi connectivity index (χ0v) is 18.4. The molecule has 0 saturated carbocycles. The summed E-state index contributed by atoms with van der Waals surface area (Å²) in [6.07, 6.45) is 4.49. The fraction of sp³-hybridized carbons (Fsp3) is 0.250. The number of rotatable bonds is 5. The Bertz CT molecular complexity index is 1370. The fourth-order valence-electron chi connectivity index (χ4n) is 4.54. The first kappa shape index (κ1) is 21.6. The van der Waals surface area contributed by atoms with Crippen LogP contribution in [0.2, 0.25) is 0 Å². The lowest BCUT2D eigenvalue weighted by Crippen LogP contribution is -2.39. The highest BCUT2D eigenvalue weighted by Crippen LogP contribution is 2.26. The lowest BCUT2D eigenvalue weighted by atomic mass is 10.0. The van der Waals surface area contributed by atoms with Gasteiger partial charge in [0.25, 0.3) is 5.91 Å². The number of amides is 2. The molecule has 3 heterocycles. The van der Waals surface area contributed by atoms with Gasteiger partial charge in [0, 0.05) is 37.4 Å². The number of carbonyl (C=O) groups is 2. The van der Waals surface area contributed by atoms with Gasteiger partial charge in [-0.15, -0.1) is 0 Å². The van der Waals surface area contributed by atoms with Gasteiger partial charge in [0.05, 0.1) is 29.9 Å². The molecule has 34 heavy (non-hydrogen) atoms. The number of hydrogen-bond acceptors (Lipinski definition) is 4. The molecule has 10 heteroatoms. The number of carbonyl (C=O) groups excluding carboxylic acids is 1. The van der Waals surface area contributed by atoms with Gasteiger partial charge in [-0.3, -0.25) is 14.2 Å². The zero-order chi connectivity index (χ0) is 23.8. The van der Waals surface area contributed by atoms with Crippen molar-refractivity contribution in [3.05, 3.63) is 72.4 Å². The standard InChI is InChI=1S/C24H23FN6O3/c1-29-22-6-4-15(9-17(22)12-27-29)16-3-5-20(21(25)10-16)23(32)28-18-11-19(31(13-18)24(33)34)14-30-8-2-7-26-30/h2-10,12,18-19H,11,13-14H2,1H3,(H,28,32)(H,33,34)/t18-,19+/m1/s1. The number of hydrogen-bond donors (Lipinski definition) is 2. The highest BCUT2D eigenvalue weighted by Gasteiger charge is 2.36. The van der Waals surface area contributed by atoms with Crippen molar-refractivity contribution in [1.82, 2.24) is 29.8 Å². The van der Waals surface area contributed by atoms with Crippen molar-refractivity contribution in [2.45, 2.75) is 25.0 Å². The van der Waals surface area contributed by atoms with Gasteiger partial charge in [-0.25, -0.2) is 9.18 Å². The summed E-state index contributed by atoms with van der Waals surface area (Å²) >= 11 is 0. The molecule has 2 atom stereocenters. The molecule has 1 aliphatic rings. The summed E-state index contributed by atoms with van der Waals surface area (Å²) in [5.41, 5.74) is 2.36. The predicted molar refractivity (Wildman–Crippen MR) is 123 cm³/mol. The van der Waals surface area contributed by atoms with Crippen LogP contribution in [-0.2, 0) is 13.6 Å². The second-order valence-corrected chi connectivity index (χ2v) is 8.46. The summed E-state index contributed by atoms with van der Waals surface area (Å²) in [6, 6.07) is 11.2. The molecular formula is C24H23FN6O3. The van der Waals surface area contributed by atoms with Crippen LogP contribution < -0.4 is 5.32 Å². The third-order valence-electron chi connectivity index (χ3n) is 6.25. The van der Waals surface area contributed by atoms with E-state index in [-0.39, 0.29) is 18.2 Å². The first-order chi connectivity index (χ1) is 16.4. The Balaban J connectivity index is 1.30. The summed E-state index contributed by atoms with van der Waals surface area (Å²) in [4.78, 5) is 25.8. The second-order valence-electron chi connectivity index (χ2n) is 8.46. The Labute approximate surface area is 194 Å². The van der Waals surface area contributed by atoms with Crippen LogP contribution in [0.5, 0.6) is 0 Å². The highest BCUT2D eigenvalue weighted by atomic mass is 19.1. The molecule has 2 aromatic heterocycles. The van der Waals surface area contributed by atoms with E-state index < -0.39 is 23.9 Å². The van der Waals surface area contributed by atoms with Crippen LogP contribution in [0.4, 0.5) is 9.18 Å². The first-order valence-electron chi connectivity index (χ1n) is 10.9. The normalized spacial score (nSPS) is 17.9. The molecule has 4 aromatic rings. The Morgan fingerprint density at radius 2 is 1.97 bits per heavy atom. The van der Waals surface area contributed by atoms with Crippen LogP contribution in [0, 0.1) is 5.82 Å². The molecule has 174 valence electrons. The first-order valence-corrected chi connectivity index (χ1v) is 10.9. The molecule has 1 saturated heterocycles. The Morgan fingerprint density at radius 3 is 2.71 bits per heavy atom. The van der Waals surface area contributed by atoms with Crippen molar-refractivity contribution in [1.29, 1.82) is 0 Å². The maximum absolute atomic E-state index is 14.9. The minimum atomic E-state index is -1.06. The van der Waals surface area contributed by atoms with Gasteiger partial charge in [0.15, 0.2) is 0 Å². The number of carboxylic acid groups (broad SMARTS) is 1. The Hall–Kier alpha value is -4.21. The molecule has 1 aliphatic heterocycles. The van der Waals surface area contributed by atoms with E-state index in [9.17, 15) is 19.1 Å². The number of nitrogens with zero attached hydrogens (tertiary/aromatic N) is 5. The number of likely N-dealkylation sites (tertiary alicyclic amines) is 1. The van der Waals surface area contributed by atoms with Crippen molar-refractivity contribution in [2.24, 2.45) is 7.05 Å². The summed E-state index contributed by atoms with van der Waals surface area (Å²) in [6.45, 7) is 0.522. The monoisotopic (exact) mass is 462 g/mol. The Morgan fingerprint density at radius 1 is 1.18 bits per heavy atom. The van der Waals surface area contributed by atoms with Crippen LogP contribution in [0.25, 0.3) is 22.0 Å². The third-order valence-corrected chi connectivity index (χ3v) is 6.25. The van der Waals surface area contributed by atoms with Crippen LogP contribution in [0.3, 0.4) is 0 Å². The predicted octanol–water partition coefficient (Wildman–Crippen LogP) is 3.13. The highest BCUT2D eigenvalue weighted by molar-refractivity contribution is 5.95. The fourth-order valence-corrected chi connectivity index (χ4v) is 4.54. The SMILES string of the molecule is Cn1ncc2cc(-c3ccc(C(=O)N[C@@H]4C[C@@H](Cn5cccn5)N(C(=O)O)C4)c(F)c3)ccc21. The van der Waals surface area contributed by atoms with Gasteiger partial charge >= 0.3 is 6.09 Å². The van der Waals surface area contributed by atoms with Gasteiger partial charge < -0.3 is 15.3 Å². The molecule has 1 fully saturated rings. The number of aryl methyl sites for hydroxylation is 1. The maximum atomic E-state index is 14.9. The largest absolute Gasteiger partial charge is 0.465 e. The van der Waals surface area contributed by atoms with Crippen molar-refractivity contribution >= 4 is 22.9 Å². The quantitative estimate of drug-likeness (QED) is 0.474. The van der Waals surface area contributed by atoms with Crippen molar-refractivity contribution in [3.63, 3.8) is 0 Å². The third kappa shape index (κ3) is 4.09. The molecule has 0 unspecified atom stereocenters. The molecule has 2 N–H and O–H groups in total. The molecule has 0 bridgehead atoms. The molecule has 2 amide bonds. The molecule has 0 aliphatic carbocycles. The molecule has 2 aromatic carbocycles. The van der Waals surface area contributed by atoms with Gasteiger partial charge in [0.2, 0.25) is 0 Å². The average molecular weight is 462 g/mol. The topological polar surface area (TPSA) is 105 Å². The molecule has 9 nitrogen and oxygen atoms in total. The lowest BCUT2D eigenvalue weighted by molar-refractivity contribution is 0.0931. The van der Waals surface area contributed by atoms with E-state index in [1.54, 1.807) is 40.1 Å². The van der Waals surface area contributed by atoms with E-state index >= 15 is 0 Å². The lowest BCUT2D eigenvalue weighted by Gasteiger charge is -2.20. The van der Waals surface area contributed by atoms with Gasteiger partial charge in [0.1, 0.15) is 5.82 Å². The van der Waals surface area contributed by atoms with E-state index in [1.165, 1.54) is 17.0 Å². The van der Waals surface area contributed by atoms with Crippen molar-refractivity contribution < 1.29 is 19.1 Å². The summed E-state index contributed by atoms with van der Waals surface area (Å²) < 4.78 is 18.3. The number of halogens is 1. The van der Waals surface area contributed by atoms with E-state index in [0.29, 0.717) is 18.5 Å². The number of fused-ring (bicyclic) bond motifs is 1. The summed E-state index contributed by atoms with van der Waals surface area (Å²) in [5.74, 6) is -1.20.